The predicted molar refractivity (Wildman–Crippen MR) is 59.5 cm³/mol. The number of amides is 1. The molecule has 69 valence electrons. The SMILES string of the molecule is [CH2]COC(=O)Nc1ccccc1I. The van der Waals surface area contributed by atoms with Crippen molar-refractivity contribution in [2.24, 2.45) is 0 Å². The van der Waals surface area contributed by atoms with Gasteiger partial charge >= 0.3 is 6.09 Å². The Morgan fingerprint density at radius 1 is 1.54 bits per heavy atom. The molecular formula is C9H9INO2. The molecular weight excluding hydrogens is 281 g/mol. The van der Waals surface area contributed by atoms with E-state index < -0.39 is 6.09 Å². The van der Waals surface area contributed by atoms with Gasteiger partial charge in [-0.15, -0.1) is 0 Å². The second kappa shape index (κ2) is 5.06. The van der Waals surface area contributed by atoms with Gasteiger partial charge < -0.3 is 4.74 Å². The number of carbonyl (C=O) groups is 1. The summed E-state index contributed by atoms with van der Waals surface area (Å²) < 4.78 is 5.61. The zero-order chi connectivity index (χ0) is 9.68. The molecule has 0 saturated heterocycles. The summed E-state index contributed by atoms with van der Waals surface area (Å²) >= 11 is 2.14. The van der Waals surface area contributed by atoms with E-state index in [1.165, 1.54) is 0 Å². The molecule has 0 aliphatic carbocycles. The summed E-state index contributed by atoms with van der Waals surface area (Å²) in [5.41, 5.74) is 0.751. The van der Waals surface area contributed by atoms with Crippen LogP contribution in [0.2, 0.25) is 0 Å². The van der Waals surface area contributed by atoms with Crippen molar-refractivity contribution in [3.63, 3.8) is 0 Å². The Morgan fingerprint density at radius 3 is 2.85 bits per heavy atom. The van der Waals surface area contributed by atoms with Crippen molar-refractivity contribution in [1.29, 1.82) is 0 Å². The molecule has 1 N–H and O–H groups in total. The lowest BCUT2D eigenvalue weighted by Gasteiger charge is -2.06. The fourth-order valence-corrected chi connectivity index (χ4v) is 1.32. The van der Waals surface area contributed by atoms with Gasteiger partial charge in [0.05, 0.1) is 12.3 Å². The van der Waals surface area contributed by atoms with Crippen LogP contribution in [0.15, 0.2) is 24.3 Å². The monoisotopic (exact) mass is 290 g/mol. The first-order chi connectivity index (χ1) is 6.24. The molecule has 1 radical (unpaired) electrons. The first-order valence-electron chi connectivity index (χ1n) is 3.71. The Bertz CT molecular complexity index is 301. The third kappa shape index (κ3) is 3.22. The van der Waals surface area contributed by atoms with E-state index in [2.05, 4.69) is 39.6 Å². The van der Waals surface area contributed by atoms with Crippen molar-refractivity contribution in [3.8, 4) is 0 Å². The maximum absolute atomic E-state index is 11.0. The third-order valence-corrected chi connectivity index (χ3v) is 2.28. The lowest BCUT2D eigenvalue weighted by Crippen LogP contribution is -2.13. The van der Waals surface area contributed by atoms with Crippen LogP contribution >= 0.6 is 22.6 Å². The maximum Gasteiger partial charge on any atom is 0.411 e. The average molecular weight is 290 g/mol. The Hall–Kier alpha value is -0.780. The fourth-order valence-electron chi connectivity index (χ4n) is 0.801. The molecule has 0 spiro atoms. The number of ether oxygens (including phenoxy) is 1. The van der Waals surface area contributed by atoms with Crippen LogP contribution in [0.3, 0.4) is 0 Å². The highest BCUT2D eigenvalue weighted by molar-refractivity contribution is 14.1. The minimum absolute atomic E-state index is 0.134. The first-order valence-corrected chi connectivity index (χ1v) is 4.79. The van der Waals surface area contributed by atoms with Crippen LogP contribution in [0.25, 0.3) is 0 Å². The fraction of sp³-hybridized carbons (Fsp3) is 0.111. The molecule has 0 aliphatic heterocycles. The van der Waals surface area contributed by atoms with Gasteiger partial charge in [0, 0.05) is 3.57 Å². The molecule has 1 aromatic carbocycles. The highest BCUT2D eigenvalue weighted by Gasteiger charge is 2.03. The van der Waals surface area contributed by atoms with Crippen molar-refractivity contribution in [2.45, 2.75) is 0 Å². The molecule has 13 heavy (non-hydrogen) atoms. The van der Waals surface area contributed by atoms with E-state index in [4.69, 9.17) is 0 Å². The van der Waals surface area contributed by atoms with Crippen LogP contribution in [0.1, 0.15) is 0 Å². The summed E-state index contributed by atoms with van der Waals surface area (Å²) in [6.07, 6.45) is -0.473. The van der Waals surface area contributed by atoms with E-state index in [1.54, 1.807) is 0 Å². The zero-order valence-electron chi connectivity index (χ0n) is 6.92. The van der Waals surface area contributed by atoms with Crippen molar-refractivity contribution < 1.29 is 9.53 Å². The molecule has 0 unspecified atom stereocenters. The Kier molecular flexibility index (Phi) is 4.01. The van der Waals surface area contributed by atoms with E-state index in [1.807, 2.05) is 24.3 Å². The molecule has 1 aromatic rings. The summed E-state index contributed by atoms with van der Waals surface area (Å²) in [5, 5.41) is 2.60. The van der Waals surface area contributed by atoms with Gasteiger partial charge in [-0.2, -0.15) is 0 Å². The summed E-state index contributed by atoms with van der Waals surface area (Å²) in [5.74, 6) is 0. The standard InChI is InChI=1S/C9H9INO2/c1-2-13-9(12)11-8-6-4-3-5-7(8)10/h3-6H,1-2H2,(H,11,12). The normalized spacial score (nSPS) is 9.38. The van der Waals surface area contributed by atoms with Crippen molar-refractivity contribution in [3.05, 3.63) is 34.8 Å². The van der Waals surface area contributed by atoms with Gasteiger partial charge in [0.25, 0.3) is 0 Å². The number of nitrogens with one attached hydrogen (secondary N) is 1. The molecule has 1 rings (SSSR count). The van der Waals surface area contributed by atoms with Crippen molar-refractivity contribution >= 4 is 34.4 Å². The molecule has 0 fully saturated rings. The van der Waals surface area contributed by atoms with Crippen molar-refractivity contribution in [2.75, 3.05) is 11.9 Å². The lowest BCUT2D eigenvalue weighted by atomic mass is 10.3. The quantitative estimate of drug-likeness (QED) is 0.850. The molecule has 0 saturated carbocycles. The summed E-state index contributed by atoms with van der Waals surface area (Å²) in [6, 6.07) is 7.47. The average Bonchev–Trinajstić information content (AvgIpc) is 2.09. The number of halogens is 1. The number of hydrogen-bond donors (Lipinski definition) is 1. The lowest BCUT2D eigenvalue weighted by molar-refractivity contribution is 0.173. The Labute approximate surface area is 90.6 Å². The number of para-hydroxylation sites is 1. The van der Waals surface area contributed by atoms with E-state index in [0.717, 1.165) is 9.26 Å². The van der Waals surface area contributed by atoms with Crippen LogP contribution in [0, 0.1) is 10.5 Å². The zero-order valence-corrected chi connectivity index (χ0v) is 9.08. The molecule has 0 bridgehead atoms. The molecule has 0 aliphatic rings. The van der Waals surface area contributed by atoms with Crippen LogP contribution in [-0.2, 0) is 4.74 Å². The molecule has 3 nitrogen and oxygen atoms in total. The predicted octanol–water partition coefficient (Wildman–Crippen LogP) is 2.67. The van der Waals surface area contributed by atoms with Gasteiger partial charge in [-0.1, -0.05) is 12.1 Å². The van der Waals surface area contributed by atoms with Gasteiger partial charge in [-0.05, 0) is 41.6 Å². The number of benzene rings is 1. The Balaban J connectivity index is 2.63. The van der Waals surface area contributed by atoms with Gasteiger partial charge in [-0.3, -0.25) is 5.32 Å². The highest BCUT2D eigenvalue weighted by atomic mass is 127. The second-order valence-electron chi connectivity index (χ2n) is 2.24. The van der Waals surface area contributed by atoms with Gasteiger partial charge in [0.15, 0.2) is 0 Å². The highest BCUT2D eigenvalue weighted by Crippen LogP contribution is 2.16. The van der Waals surface area contributed by atoms with Gasteiger partial charge in [0.1, 0.15) is 0 Å². The van der Waals surface area contributed by atoms with E-state index in [-0.39, 0.29) is 6.61 Å². The Morgan fingerprint density at radius 2 is 2.23 bits per heavy atom. The molecule has 0 aromatic heterocycles. The summed E-state index contributed by atoms with van der Waals surface area (Å²) in [7, 11) is 0. The smallest absolute Gasteiger partial charge is 0.411 e. The molecule has 0 atom stereocenters. The van der Waals surface area contributed by atoms with Crippen LogP contribution in [0.5, 0.6) is 0 Å². The first kappa shape index (κ1) is 10.3. The van der Waals surface area contributed by atoms with Gasteiger partial charge in [-0.25, -0.2) is 4.79 Å². The molecule has 0 heterocycles. The topological polar surface area (TPSA) is 38.3 Å². The largest absolute Gasteiger partial charge is 0.449 e. The third-order valence-electron chi connectivity index (χ3n) is 1.34. The maximum atomic E-state index is 11.0. The number of hydrogen-bond acceptors (Lipinski definition) is 2. The number of carbonyl (C=O) groups excluding carboxylic acids is 1. The second-order valence-corrected chi connectivity index (χ2v) is 3.40. The van der Waals surface area contributed by atoms with Crippen LogP contribution < -0.4 is 5.32 Å². The summed E-state index contributed by atoms with van der Waals surface area (Å²) in [4.78, 5) is 11.0. The number of rotatable bonds is 2. The minimum atomic E-state index is -0.473. The van der Waals surface area contributed by atoms with Crippen molar-refractivity contribution in [1.82, 2.24) is 0 Å². The minimum Gasteiger partial charge on any atom is -0.449 e. The van der Waals surface area contributed by atoms with E-state index in [9.17, 15) is 4.79 Å². The molecule has 4 heteroatoms. The van der Waals surface area contributed by atoms with Crippen LogP contribution in [0.4, 0.5) is 10.5 Å². The number of anilines is 1. The molecule has 1 amide bonds. The van der Waals surface area contributed by atoms with Crippen LogP contribution in [-0.4, -0.2) is 12.7 Å². The van der Waals surface area contributed by atoms with Gasteiger partial charge in [0.2, 0.25) is 0 Å². The van der Waals surface area contributed by atoms with E-state index in [0.29, 0.717) is 0 Å². The van der Waals surface area contributed by atoms with E-state index >= 15 is 0 Å². The summed E-state index contributed by atoms with van der Waals surface area (Å²) in [6.45, 7) is 3.54.